The SMILES string of the molecule is Cc1ccc(CC(CCOc2ccc(CCCCCP(=O)(O)O)cc2)c2cccc(Cl)c2)cc1C. The molecule has 1 atom stereocenters. The van der Waals surface area contributed by atoms with Gasteiger partial charge in [-0.25, -0.2) is 0 Å². The number of hydrogen-bond acceptors (Lipinski definition) is 2. The Kier molecular flexibility index (Phi) is 10.4. The summed E-state index contributed by atoms with van der Waals surface area (Å²) in [7, 11) is -3.87. The summed E-state index contributed by atoms with van der Waals surface area (Å²) in [5.74, 6) is 1.16. The van der Waals surface area contributed by atoms with E-state index in [1.54, 1.807) is 0 Å². The topological polar surface area (TPSA) is 66.8 Å². The van der Waals surface area contributed by atoms with Gasteiger partial charge in [0.05, 0.1) is 6.61 Å². The molecule has 4 nitrogen and oxygen atoms in total. The van der Waals surface area contributed by atoms with Crippen LogP contribution in [-0.2, 0) is 17.4 Å². The second-order valence-electron chi connectivity index (χ2n) is 9.35. The molecule has 0 aromatic heterocycles. The smallest absolute Gasteiger partial charge is 0.325 e. The molecule has 0 aliphatic carbocycles. The molecular formula is C29H36ClO4P. The van der Waals surface area contributed by atoms with Gasteiger partial charge in [-0.15, -0.1) is 0 Å². The third-order valence-electron chi connectivity index (χ3n) is 6.45. The summed E-state index contributed by atoms with van der Waals surface area (Å²) in [6.45, 7) is 4.91. The van der Waals surface area contributed by atoms with Gasteiger partial charge in [-0.05, 0) is 104 Å². The Balaban J connectivity index is 1.53. The minimum absolute atomic E-state index is 0.0283. The number of hydrogen-bond donors (Lipinski definition) is 2. The molecule has 3 aromatic carbocycles. The van der Waals surface area contributed by atoms with Crippen molar-refractivity contribution < 1.29 is 19.1 Å². The van der Waals surface area contributed by atoms with Gasteiger partial charge in [0, 0.05) is 11.2 Å². The lowest BCUT2D eigenvalue weighted by Crippen LogP contribution is -2.09. The van der Waals surface area contributed by atoms with E-state index in [0.29, 0.717) is 18.9 Å². The fourth-order valence-electron chi connectivity index (χ4n) is 4.26. The average molecular weight is 515 g/mol. The molecule has 0 aliphatic rings. The van der Waals surface area contributed by atoms with Gasteiger partial charge in [-0.1, -0.05) is 60.5 Å². The maximum absolute atomic E-state index is 10.9. The molecule has 0 heterocycles. The highest BCUT2D eigenvalue weighted by atomic mass is 35.5. The van der Waals surface area contributed by atoms with Crippen molar-refractivity contribution in [3.8, 4) is 5.75 Å². The lowest BCUT2D eigenvalue weighted by molar-refractivity contribution is 0.297. The molecule has 35 heavy (non-hydrogen) atoms. The van der Waals surface area contributed by atoms with Crippen LogP contribution in [0.15, 0.2) is 66.7 Å². The third-order valence-corrected chi connectivity index (χ3v) is 7.58. The van der Waals surface area contributed by atoms with Gasteiger partial charge in [-0.3, -0.25) is 4.57 Å². The zero-order chi connectivity index (χ0) is 25.3. The lowest BCUT2D eigenvalue weighted by Gasteiger charge is -2.19. The van der Waals surface area contributed by atoms with Crippen LogP contribution >= 0.6 is 19.2 Å². The fourth-order valence-corrected chi connectivity index (χ4v) is 5.09. The second kappa shape index (κ2) is 13.3. The predicted octanol–water partition coefficient (Wildman–Crippen LogP) is 7.64. The highest BCUT2D eigenvalue weighted by molar-refractivity contribution is 7.51. The summed E-state index contributed by atoms with van der Waals surface area (Å²) in [5, 5.41) is 0.755. The maximum Gasteiger partial charge on any atom is 0.325 e. The molecule has 0 aliphatic heterocycles. The van der Waals surface area contributed by atoms with Crippen LogP contribution in [0.3, 0.4) is 0 Å². The molecule has 0 fully saturated rings. The van der Waals surface area contributed by atoms with E-state index in [1.807, 2.05) is 24.3 Å². The molecule has 3 rings (SSSR count). The Hall–Kier alpha value is -2.10. The van der Waals surface area contributed by atoms with Crippen molar-refractivity contribution in [1.29, 1.82) is 0 Å². The normalized spacial score (nSPS) is 12.5. The van der Waals surface area contributed by atoms with Crippen LogP contribution in [0.2, 0.25) is 5.02 Å². The van der Waals surface area contributed by atoms with Gasteiger partial charge in [0.15, 0.2) is 0 Å². The van der Waals surface area contributed by atoms with Crippen molar-refractivity contribution in [3.63, 3.8) is 0 Å². The summed E-state index contributed by atoms with van der Waals surface area (Å²) >= 11 is 6.29. The Morgan fingerprint density at radius 2 is 1.63 bits per heavy atom. The summed E-state index contributed by atoms with van der Waals surface area (Å²) in [6, 6.07) is 23.0. The van der Waals surface area contributed by atoms with Gasteiger partial charge in [-0.2, -0.15) is 0 Å². The van der Waals surface area contributed by atoms with E-state index in [1.165, 1.54) is 27.8 Å². The quantitative estimate of drug-likeness (QED) is 0.182. The molecule has 0 bridgehead atoms. The van der Waals surface area contributed by atoms with Crippen molar-refractivity contribution in [1.82, 2.24) is 0 Å². The molecule has 0 amide bonds. The van der Waals surface area contributed by atoms with Crippen molar-refractivity contribution in [3.05, 3.63) is 99.6 Å². The van der Waals surface area contributed by atoms with Gasteiger partial charge in [0.1, 0.15) is 5.75 Å². The molecule has 0 saturated heterocycles. The first-order valence-corrected chi connectivity index (χ1v) is 14.4. The number of rotatable bonds is 13. The molecule has 0 radical (unpaired) electrons. The number of halogens is 1. The van der Waals surface area contributed by atoms with Crippen molar-refractivity contribution in [2.45, 2.75) is 58.3 Å². The molecular weight excluding hydrogens is 479 g/mol. The van der Waals surface area contributed by atoms with E-state index >= 15 is 0 Å². The molecule has 1 unspecified atom stereocenters. The van der Waals surface area contributed by atoms with Crippen LogP contribution in [0.1, 0.15) is 59.4 Å². The molecule has 2 N–H and O–H groups in total. The van der Waals surface area contributed by atoms with Gasteiger partial charge < -0.3 is 14.5 Å². The van der Waals surface area contributed by atoms with E-state index in [-0.39, 0.29) is 6.16 Å². The first-order valence-electron chi connectivity index (χ1n) is 12.3. The van der Waals surface area contributed by atoms with Crippen LogP contribution in [-0.4, -0.2) is 22.6 Å². The number of ether oxygens (including phenoxy) is 1. The maximum atomic E-state index is 10.9. The van der Waals surface area contributed by atoms with Crippen LogP contribution in [0.25, 0.3) is 0 Å². The summed E-state index contributed by atoms with van der Waals surface area (Å²) in [4.78, 5) is 17.9. The van der Waals surface area contributed by atoms with Crippen LogP contribution in [0.5, 0.6) is 5.75 Å². The Bertz CT molecular complexity index is 1120. The standard InChI is InChI=1S/C29H36ClO4P/c1-22-10-11-25(19-23(22)2)20-27(26-8-6-9-28(30)21-26)16-17-34-29-14-12-24(13-15-29)7-4-3-5-18-35(31,32)33/h6,8-15,19,21,27H,3-5,7,16-18,20H2,1-2H3,(H2,31,32,33). The second-order valence-corrected chi connectivity index (χ2v) is 11.6. The zero-order valence-electron chi connectivity index (χ0n) is 20.6. The van der Waals surface area contributed by atoms with E-state index in [2.05, 4.69) is 56.3 Å². The number of benzene rings is 3. The van der Waals surface area contributed by atoms with Gasteiger partial charge in [0.2, 0.25) is 0 Å². The first-order chi connectivity index (χ1) is 16.7. The van der Waals surface area contributed by atoms with E-state index < -0.39 is 7.60 Å². The fraction of sp³-hybridized carbons (Fsp3) is 0.379. The van der Waals surface area contributed by atoms with Crippen molar-refractivity contribution in [2.75, 3.05) is 12.8 Å². The summed E-state index contributed by atoms with van der Waals surface area (Å²) < 4.78 is 17.0. The van der Waals surface area contributed by atoms with Crippen LogP contribution in [0, 0.1) is 13.8 Å². The minimum Gasteiger partial charge on any atom is -0.494 e. The van der Waals surface area contributed by atoms with Crippen molar-refractivity contribution >= 4 is 19.2 Å². The zero-order valence-corrected chi connectivity index (χ0v) is 22.3. The van der Waals surface area contributed by atoms with Gasteiger partial charge in [0.25, 0.3) is 0 Å². The van der Waals surface area contributed by atoms with Crippen LogP contribution < -0.4 is 4.74 Å². The summed E-state index contributed by atoms with van der Waals surface area (Å²) in [5.41, 5.74) is 6.38. The molecule has 0 spiro atoms. The minimum atomic E-state index is -3.87. The average Bonchev–Trinajstić information content (AvgIpc) is 2.81. The predicted molar refractivity (Wildman–Crippen MR) is 145 cm³/mol. The van der Waals surface area contributed by atoms with E-state index in [9.17, 15) is 4.57 Å². The van der Waals surface area contributed by atoms with Gasteiger partial charge >= 0.3 is 7.60 Å². The van der Waals surface area contributed by atoms with E-state index in [4.69, 9.17) is 26.1 Å². The molecule has 6 heteroatoms. The highest BCUT2D eigenvalue weighted by Gasteiger charge is 2.14. The Morgan fingerprint density at radius 1 is 0.886 bits per heavy atom. The van der Waals surface area contributed by atoms with Crippen molar-refractivity contribution in [2.24, 2.45) is 0 Å². The summed E-state index contributed by atoms with van der Waals surface area (Å²) in [6.07, 6.45) is 4.98. The first kappa shape index (κ1) is 27.5. The lowest BCUT2D eigenvalue weighted by atomic mass is 9.88. The molecule has 0 saturated carbocycles. The highest BCUT2D eigenvalue weighted by Crippen LogP contribution is 2.35. The largest absolute Gasteiger partial charge is 0.494 e. The molecule has 3 aromatic rings. The Labute approximate surface area is 214 Å². The molecule has 188 valence electrons. The number of unbranched alkanes of at least 4 members (excludes halogenated alkanes) is 2. The monoisotopic (exact) mass is 514 g/mol. The third kappa shape index (κ3) is 9.82. The van der Waals surface area contributed by atoms with Crippen LogP contribution in [0.4, 0.5) is 0 Å². The van der Waals surface area contributed by atoms with E-state index in [0.717, 1.165) is 42.9 Å². The Morgan fingerprint density at radius 3 is 2.31 bits per heavy atom. The number of aryl methyl sites for hydroxylation is 3.